The van der Waals surface area contributed by atoms with Crippen molar-refractivity contribution in [1.82, 2.24) is 4.90 Å². The molecule has 1 N–H and O–H groups in total. The first-order valence-corrected chi connectivity index (χ1v) is 8.93. The van der Waals surface area contributed by atoms with Gasteiger partial charge in [-0.15, -0.1) is 11.8 Å². The summed E-state index contributed by atoms with van der Waals surface area (Å²) in [5, 5.41) is 8.35. The van der Waals surface area contributed by atoms with Gasteiger partial charge in [0.05, 0.1) is 12.1 Å². The summed E-state index contributed by atoms with van der Waals surface area (Å²) in [4.78, 5) is 25.8. The van der Waals surface area contributed by atoms with Crippen molar-refractivity contribution in [2.45, 2.75) is 30.5 Å². The number of halogens is 2. The number of carboxylic acids is 1. The summed E-state index contributed by atoms with van der Waals surface area (Å²) in [6, 6.07) is 10.2. The first kappa shape index (κ1) is 19.9. The molecule has 0 radical (unpaired) electrons. The molecule has 4 nitrogen and oxygen atoms in total. The monoisotopic (exact) mass is 379 g/mol. The molecule has 0 aliphatic rings. The highest BCUT2D eigenvalue weighted by Gasteiger charge is 2.22. The zero-order valence-corrected chi connectivity index (χ0v) is 15.2. The lowest BCUT2D eigenvalue weighted by Gasteiger charge is -2.23. The van der Waals surface area contributed by atoms with Gasteiger partial charge in [-0.05, 0) is 38.1 Å². The molecule has 2 aromatic carbocycles. The van der Waals surface area contributed by atoms with E-state index < -0.39 is 28.8 Å². The number of benzene rings is 2. The van der Waals surface area contributed by atoms with Crippen LogP contribution in [0.2, 0.25) is 0 Å². The summed E-state index contributed by atoms with van der Waals surface area (Å²) in [6.45, 7) is 3.29. The minimum atomic E-state index is -0.988. The molecule has 0 spiro atoms. The predicted octanol–water partition coefficient (Wildman–Crippen LogP) is 4.19. The Kier molecular flexibility index (Phi) is 6.74. The van der Waals surface area contributed by atoms with Crippen LogP contribution in [0.1, 0.15) is 29.8 Å². The number of rotatable bonds is 7. The fraction of sp³-hybridized carbons (Fsp3) is 0.263. The molecule has 138 valence electrons. The third kappa shape index (κ3) is 4.60. The van der Waals surface area contributed by atoms with Crippen molar-refractivity contribution < 1.29 is 23.5 Å². The maximum atomic E-state index is 13.9. The van der Waals surface area contributed by atoms with Crippen LogP contribution in [-0.2, 0) is 11.3 Å². The Labute approximate surface area is 154 Å². The van der Waals surface area contributed by atoms with E-state index in [2.05, 4.69) is 0 Å². The number of hydrogen-bond donors (Lipinski definition) is 1. The van der Waals surface area contributed by atoms with Gasteiger partial charge in [-0.3, -0.25) is 9.59 Å². The first-order valence-electron chi connectivity index (χ1n) is 8.05. The van der Waals surface area contributed by atoms with Crippen LogP contribution in [0.3, 0.4) is 0 Å². The van der Waals surface area contributed by atoms with Crippen molar-refractivity contribution in [3.63, 3.8) is 0 Å². The highest BCUT2D eigenvalue weighted by molar-refractivity contribution is 8.00. The van der Waals surface area contributed by atoms with Crippen molar-refractivity contribution in [3.8, 4) is 0 Å². The molecule has 2 rings (SSSR count). The van der Waals surface area contributed by atoms with E-state index in [1.807, 2.05) is 0 Å². The second-order valence-electron chi connectivity index (χ2n) is 5.61. The SMILES string of the molecule is CCN(Cc1c(F)cccc1F)C(=O)c1ccccc1SC(C)C(=O)O. The van der Waals surface area contributed by atoms with Gasteiger partial charge in [0, 0.05) is 17.0 Å². The van der Waals surface area contributed by atoms with Crippen molar-refractivity contribution in [2.24, 2.45) is 0 Å². The van der Waals surface area contributed by atoms with E-state index in [0.29, 0.717) is 10.5 Å². The maximum Gasteiger partial charge on any atom is 0.316 e. The van der Waals surface area contributed by atoms with E-state index in [1.54, 1.807) is 31.2 Å². The molecule has 0 saturated heterocycles. The Balaban J connectivity index is 2.30. The topological polar surface area (TPSA) is 57.6 Å². The number of nitrogens with zero attached hydrogens (tertiary/aromatic N) is 1. The molecule has 0 fully saturated rings. The quantitative estimate of drug-likeness (QED) is 0.733. The summed E-state index contributed by atoms with van der Waals surface area (Å²) < 4.78 is 27.8. The van der Waals surface area contributed by atoms with E-state index >= 15 is 0 Å². The van der Waals surface area contributed by atoms with Crippen molar-refractivity contribution in [3.05, 3.63) is 65.2 Å². The van der Waals surface area contributed by atoms with Crippen LogP contribution >= 0.6 is 11.8 Å². The first-order chi connectivity index (χ1) is 12.3. The Morgan fingerprint density at radius 2 is 1.73 bits per heavy atom. The van der Waals surface area contributed by atoms with E-state index in [-0.39, 0.29) is 18.7 Å². The van der Waals surface area contributed by atoms with Crippen LogP contribution in [0, 0.1) is 11.6 Å². The van der Waals surface area contributed by atoms with Crippen LogP contribution in [0.5, 0.6) is 0 Å². The lowest BCUT2D eigenvalue weighted by Crippen LogP contribution is -2.31. The van der Waals surface area contributed by atoms with Crippen molar-refractivity contribution in [2.75, 3.05) is 6.54 Å². The summed E-state index contributed by atoms with van der Waals surface area (Å²) in [7, 11) is 0. The fourth-order valence-corrected chi connectivity index (χ4v) is 3.28. The van der Waals surface area contributed by atoms with Gasteiger partial charge in [0.15, 0.2) is 0 Å². The van der Waals surface area contributed by atoms with E-state index in [4.69, 9.17) is 5.11 Å². The Morgan fingerprint density at radius 3 is 2.31 bits per heavy atom. The van der Waals surface area contributed by atoms with Crippen LogP contribution in [-0.4, -0.2) is 33.7 Å². The molecule has 0 bridgehead atoms. The van der Waals surface area contributed by atoms with Gasteiger partial charge < -0.3 is 10.0 Å². The average Bonchev–Trinajstić information content (AvgIpc) is 2.61. The number of aliphatic carboxylic acids is 1. The van der Waals surface area contributed by atoms with Gasteiger partial charge in [0.2, 0.25) is 0 Å². The standard InChI is InChI=1S/C19H19F2NO3S/c1-3-22(11-14-15(20)8-6-9-16(14)21)18(23)13-7-4-5-10-17(13)26-12(2)19(24)25/h4-10,12H,3,11H2,1-2H3,(H,24,25). The second kappa shape index (κ2) is 8.80. The number of amides is 1. The molecule has 2 aromatic rings. The molecule has 0 aromatic heterocycles. The minimum absolute atomic E-state index is 0.174. The highest BCUT2D eigenvalue weighted by Crippen LogP contribution is 2.28. The molecular formula is C19H19F2NO3S. The summed E-state index contributed by atoms with van der Waals surface area (Å²) in [5.41, 5.74) is 0.135. The average molecular weight is 379 g/mol. The number of thioether (sulfide) groups is 1. The highest BCUT2D eigenvalue weighted by atomic mass is 32.2. The molecule has 0 aliphatic heterocycles. The largest absolute Gasteiger partial charge is 0.480 e. The van der Waals surface area contributed by atoms with Gasteiger partial charge in [-0.25, -0.2) is 8.78 Å². The summed E-state index contributed by atoms with van der Waals surface area (Å²) in [6.07, 6.45) is 0. The Bertz CT molecular complexity index is 793. The molecule has 1 amide bonds. The van der Waals surface area contributed by atoms with Gasteiger partial charge >= 0.3 is 5.97 Å². The van der Waals surface area contributed by atoms with Crippen LogP contribution in [0.4, 0.5) is 8.78 Å². The van der Waals surface area contributed by atoms with Gasteiger partial charge in [-0.2, -0.15) is 0 Å². The normalized spacial score (nSPS) is 11.8. The number of carboxylic acid groups (broad SMARTS) is 1. The van der Waals surface area contributed by atoms with E-state index in [9.17, 15) is 18.4 Å². The Hall–Kier alpha value is -2.41. The van der Waals surface area contributed by atoms with Gasteiger partial charge in [-0.1, -0.05) is 18.2 Å². The van der Waals surface area contributed by atoms with Crippen LogP contribution in [0.15, 0.2) is 47.4 Å². The zero-order valence-electron chi connectivity index (χ0n) is 14.4. The van der Waals surface area contributed by atoms with Crippen molar-refractivity contribution in [1.29, 1.82) is 0 Å². The molecule has 1 unspecified atom stereocenters. The molecule has 7 heteroatoms. The molecule has 0 heterocycles. The van der Waals surface area contributed by atoms with Gasteiger partial charge in [0.25, 0.3) is 5.91 Å². The molecule has 0 saturated carbocycles. The Morgan fingerprint density at radius 1 is 1.12 bits per heavy atom. The summed E-state index contributed by atoms with van der Waals surface area (Å²) in [5.74, 6) is -2.81. The second-order valence-corrected chi connectivity index (χ2v) is 7.00. The third-order valence-electron chi connectivity index (χ3n) is 3.85. The van der Waals surface area contributed by atoms with E-state index in [1.165, 1.54) is 17.9 Å². The number of carbonyl (C=O) groups is 2. The fourth-order valence-electron chi connectivity index (χ4n) is 2.36. The smallest absolute Gasteiger partial charge is 0.316 e. The van der Waals surface area contributed by atoms with Gasteiger partial charge in [0.1, 0.15) is 16.9 Å². The number of hydrogen-bond acceptors (Lipinski definition) is 3. The predicted molar refractivity (Wildman–Crippen MR) is 96.2 cm³/mol. The lowest BCUT2D eigenvalue weighted by molar-refractivity contribution is -0.136. The molecular weight excluding hydrogens is 360 g/mol. The molecule has 0 aliphatic carbocycles. The van der Waals surface area contributed by atoms with Crippen LogP contribution < -0.4 is 0 Å². The van der Waals surface area contributed by atoms with Crippen molar-refractivity contribution >= 4 is 23.6 Å². The third-order valence-corrected chi connectivity index (χ3v) is 5.01. The summed E-state index contributed by atoms with van der Waals surface area (Å²) >= 11 is 1.05. The number of carbonyl (C=O) groups excluding carboxylic acids is 1. The van der Waals surface area contributed by atoms with E-state index in [0.717, 1.165) is 23.9 Å². The van der Waals surface area contributed by atoms with Crippen LogP contribution in [0.25, 0.3) is 0 Å². The maximum absolute atomic E-state index is 13.9. The molecule has 26 heavy (non-hydrogen) atoms. The zero-order chi connectivity index (χ0) is 19.3. The minimum Gasteiger partial charge on any atom is -0.480 e. The molecule has 1 atom stereocenters. The lowest BCUT2D eigenvalue weighted by atomic mass is 10.1.